The molecular formula is C19H18ClN5O3S2. The number of hydrogen-bond donors (Lipinski definition) is 2. The molecule has 0 spiro atoms. The molecule has 0 saturated heterocycles. The van der Waals surface area contributed by atoms with Crippen molar-refractivity contribution in [2.24, 2.45) is 0 Å². The summed E-state index contributed by atoms with van der Waals surface area (Å²) >= 11 is 9.03. The number of hydrogen-bond acceptors (Lipinski definition) is 7. The Morgan fingerprint density at radius 1 is 1.27 bits per heavy atom. The Labute approximate surface area is 184 Å². The standard InChI is InChI=1S/C19H18ClN5O3S2/c1-28-8-4-7-25-18(27)23-24-19(25)30-10-14-21-16(26)15-12(9-29-17(15)22-14)11-5-2-3-6-13(11)20/h2-3,5-6,9H,4,7-8,10H2,1H3,(H,23,27)(H,21,22,26). The lowest BCUT2D eigenvalue weighted by atomic mass is 10.1. The molecule has 1 aromatic carbocycles. The van der Waals surface area contributed by atoms with Crippen molar-refractivity contribution < 1.29 is 4.74 Å². The van der Waals surface area contributed by atoms with Gasteiger partial charge < -0.3 is 9.72 Å². The summed E-state index contributed by atoms with van der Waals surface area (Å²) in [6.45, 7) is 1.06. The smallest absolute Gasteiger partial charge is 0.343 e. The Bertz CT molecular complexity index is 1290. The second-order valence-electron chi connectivity index (χ2n) is 6.42. The molecule has 8 nitrogen and oxygen atoms in total. The first-order chi connectivity index (χ1) is 14.6. The van der Waals surface area contributed by atoms with Crippen LogP contribution in [0.5, 0.6) is 0 Å². The highest BCUT2D eigenvalue weighted by atomic mass is 35.5. The van der Waals surface area contributed by atoms with Crippen LogP contribution in [-0.4, -0.2) is 38.4 Å². The van der Waals surface area contributed by atoms with Crippen molar-refractivity contribution in [2.75, 3.05) is 13.7 Å². The predicted octanol–water partition coefficient (Wildman–Crippen LogP) is 3.52. The van der Waals surface area contributed by atoms with Crippen LogP contribution in [0.2, 0.25) is 5.02 Å². The van der Waals surface area contributed by atoms with Gasteiger partial charge in [-0.1, -0.05) is 41.6 Å². The van der Waals surface area contributed by atoms with Crippen molar-refractivity contribution >= 4 is 44.9 Å². The fourth-order valence-electron chi connectivity index (χ4n) is 3.05. The van der Waals surface area contributed by atoms with E-state index in [9.17, 15) is 9.59 Å². The second kappa shape index (κ2) is 9.17. The van der Waals surface area contributed by atoms with E-state index < -0.39 is 0 Å². The molecule has 2 N–H and O–H groups in total. The highest BCUT2D eigenvalue weighted by Gasteiger charge is 2.16. The normalized spacial score (nSPS) is 11.4. The molecule has 0 atom stereocenters. The number of ether oxygens (including phenoxy) is 1. The molecule has 0 bridgehead atoms. The van der Waals surface area contributed by atoms with Crippen molar-refractivity contribution in [3.8, 4) is 11.1 Å². The zero-order valence-corrected chi connectivity index (χ0v) is 18.4. The molecule has 11 heteroatoms. The van der Waals surface area contributed by atoms with Crippen LogP contribution in [0.25, 0.3) is 21.3 Å². The van der Waals surface area contributed by atoms with Gasteiger partial charge >= 0.3 is 5.69 Å². The van der Waals surface area contributed by atoms with E-state index in [0.29, 0.717) is 51.5 Å². The fraction of sp³-hybridized carbons (Fsp3) is 0.263. The Morgan fingerprint density at radius 2 is 2.10 bits per heavy atom. The van der Waals surface area contributed by atoms with Crippen LogP contribution in [0.3, 0.4) is 0 Å². The van der Waals surface area contributed by atoms with E-state index in [4.69, 9.17) is 16.3 Å². The van der Waals surface area contributed by atoms with Gasteiger partial charge in [0, 0.05) is 41.8 Å². The molecular weight excluding hydrogens is 446 g/mol. The Hall–Kier alpha value is -2.40. The number of aromatic amines is 2. The zero-order chi connectivity index (χ0) is 21.1. The summed E-state index contributed by atoms with van der Waals surface area (Å²) in [6, 6.07) is 7.41. The van der Waals surface area contributed by atoms with Crippen molar-refractivity contribution in [3.05, 3.63) is 61.3 Å². The van der Waals surface area contributed by atoms with Crippen LogP contribution in [0, 0.1) is 0 Å². The molecule has 3 aromatic heterocycles. The number of H-pyrrole nitrogens is 2. The van der Waals surface area contributed by atoms with Gasteiger partial charge in [0.25, 0.3) is 5.56 Å². The van der Waals surface area contributed by atoms with E-state index >= 15 is 0 Å². The third-order valence-electron chi connectivity index (χ3n) is 4.45. The van der Waals surface area contributed by atoms with Gasteiger partial charge in [-0.15, -0.1) is 16.4 Å². The van der Waals surface area contributed by atoms with Crippen LogP contribution in [-0.2, 0) is 17.0 Å². The average Bonchev–Trinajstić information content (AvgIpc) is 3.31. The first-order valence-corrected chi connectivity index (χ1v) is 11.3. The Morgan fingerprint density at radius 3 is 2.90 bits per heavy atom. The second-order valence-corrected chi connectivity index (χ2v) is 8.63. The first kappa shape index (κ1) is 20.9. The lowest BCUT2D eigenvalue weighted by Crippen LogP contribution is -2.18. The van der Waals surface area contributed by atoms with Crippen LogP contribution >= 0.6 is 34.7 Å². The van der Waals surface area contributed by atoms with E-state index in [-0.39, 0.29) is 11.2 Å². The molecule has 0 saturated carbocycles. The summed E-state index contributed by atoms with van der Waals surface area (Å²) < 4.78 is 6.59. The number of methoxy groups -OCH3 is 1. The lowest BCUT2D eigenvalue weighted by molar-refractivity contribution is 0.189. The number of rotatable bonds is 8. The molecule has 0 unspecified atom stereocenters. The quantitative estimate of drug-likeness (QED) is 0.306. The van der Waals surface area contributed by atoms with E-state index in [0.717, 1.165) is 11.1 Å². The van der Waals surface area contributed by atoms with Crippen molar-refractivity contribution in [1.82, 2.24) is 24.7 Å². The van der Waals surface area contributed by atoms with Crippen LogP contribution in [0.15, 0.2) is 44.4 Å². The summed E-state index contributed by atoms with van der Waals surface area (Å²) in [5.41, 5.74) is 1.09. The molecule has 4 aromatic rings. The van der Waals surface area contributed by atoms with Gasteiger partial charge in [0.1, 0.15) is 10.7 Å². The van der Waals surface area contributed by atoms with E-state index in [1.807, 2.05) is 23.6 Å². The molecule has 0 aliphatic heterocycles. The lowest BCUT2D eigenvalue weighted by Gasteiger charge is -2.05. The minimum atomic E-state index is -0.270. The molecule has 4 rings (SSSR count). The highest BCUT2D eigenvalue weighted by Crippen LogP contribution is 2.35. The molecule has 0 radical (unpaired) electrons. The minimum absolute atomic E-state index is 0.216. The Balaban J connectivity index is 1.58. The fourth-order valence-corrected chi connectivity index (χ4v) is 5.09. The van der Waals surface area contributed by atoms with Crippen molar-refractivity contribution in [2.45, 2.75) is 23.9 Å². The van der Waals surface area contributed by atoms with Gasteiger partial charge in [-0.3, -0.25) is 9.36 Å². The van der Waals surface area contributed by atoms with E-state index in [2.05, 4.69) is 20.2 Å². The number of aromatic nitrogens is 5. The largest absolute Gasteiger partial charge is 0.385 e. The van der Waals surface area contributed by atoms with Gasteiger partial charge in [0.15, 0.2) is 5.16 Å². The summed E-state index contributed by atoms with van der Waals surface area (Å²) in [5, 5.41) is 10.1. The van der Waals surface area contributed by atoms with E-state index in [1.54, 1.807) is 17.7 Å². The summed E-state index contributed by atoms with van der Waals surface area (Å²) in [4.78, 5) is 32.8. The maximum Gasteiger partial charge on any atom is 0.343 e. The number of nitrogens with zero attached hydrogens (tertiary/aromatic N) is 3. The minimum Gasteiger partial charge on any atom is -0.385 e. The van der Waals surface area contributed by atoms with Gasteiger partial charge in [-0.25, -0.2) is 14.9 Å². The third kappa shape index (κ3) is 4.22. The SMILES string of the molecule is COCCCn1c(SCc2nc3scc(-c4ccccc4Cl)c3c(=O)[nH]2)n[nH]c1=O. The number of halogens is 1. The molecule has 0 amide bonds. The summed E-state index contributed by atoms with van der Waals surface area (Å²) in [7, 11) is 1.62. The van der Waals surface area contributed by atoms with Gasteiger partial charge in [-0.2, -0.15) is 0 Å². The molecule has 3 heterocycles. The van der Waals surface area contributed by atoms with Crippen LogP contribution in [0.4, 0.5) is 0 Å². The molecule has 30 heavy (non-hydrogen) atoms. The highest BCUT2D eigenvalue weighted by molar-refractivity contribution is 7.98. The van der Waals surface area contributed by atoms with Gasteiger partial charge in [0.05, 0.1) is 11.1 Å². The predicted molar refractivity (Wildman–Crippen MR) is 120 cm³/mol. The third-order valence-corrected chi connectivity index (χ3v) is 6.64. The monoisotopic (exact) mass is 463 g/mol. The van der Waals surface area contributed by atoms with Gasteiger partial charge in [-0.05, 0) is 12.5 Å². The number of thiophene rings is 1. The van der Waals surface area contributed by atoms with Crippen molar-refractivity contribution in [1.29, 1.82) is 0 Å². The maximum absolute atomic E-state index is 12.8. The topological polar surface area (TPSA) is 106 Å². The summed E-state index contributed by atoms with van der Waals surface area (Å²) in [5.74, 6) is 0.892. The summed E-state index contributed by atoms with van der Waals surface area (Å²) in [6.07, 6.45) is 0.699. The van der Waals surface area contributed by atoms with Crippen molar-refractivity contribution in [3.63, 3.8) is 0 Å². The van der Waals surface area contributed by atoms with E-state index in [1.165, 1.54) is 23.1 Å². The number of fused-ring (bicyclic) bond motifs is 1. The number of benzene rings is 1. The average molecular weight is 464 g/mol. The zero-order valence-electron chi connectivity index (χ0n) is 16.0. The molecule has 156 valence electrons. The maximum atomic E-state index is 12.8. The van der Waals surface area contributed by atoms with Gasteiger partial charge in [0.2, 0.25) is 0 Å². The molecule has 0 fully saturated rings. The number of nitrogens with one attached hydrogen (secondary N) is 2. The number of thioether (sulfide) groups is 1. The first-order valence-electron chi connectivity index (χ1n) is 9.10. The molecule has 0 aliphatic rings. The Kier molecular flexibility index (Phi) is 6.38. The molecule has 0 aliphatic carbocycles. The van der Waals surface area contributed by atoms with Crippen LogP contribution < -0.4 is 11.2 Å². The van der Waals surface area contributed by atoms with Crippen LogP contribution in [0.1, 0.15) is 12.2 Å².